The number of ether oxygens (including phenoxy) is 3. The number of hydrogen-bond acceptors (Lipinski definition) is 4. The molecule has 0 heterocycles. The van der Waals surface area contributed by atoms with Crippen LogP contribution in [0.15, 0.2) is 0 Å². The predicted molar refractivity (Wildman–Crippen MR) is 72.5 cm³/mol. The van der Waals surface area contributed by atoms with E-state index >= 15 is 0 Å². The molecular weight excluding hydrogens is 220 g/mol. The van der Waals surface area contributed by atoms with Gasteiger partial charge >= 0.3 is 0 Å². The van der Waals surface area contributed by atoms with Gasteiger partial charge in [0.05, 0.1) is 12.7 Å². The molecule has 0 fully saturated rings. The van der Waals surface area contributed by atoms with Crippen molar-refractivity contribution in [2.45, 2.75) is 47.6 Å². The van der Waals surface area contributed by atoms with E-state index in [9.17, 15) is 0 Å². The normalized spacial score (nSPS) is 10.8. The van der Waals surface area contributed by atoms with Crippen molar-refractivity contribution in [2.75, 3.05) is 39.6 Å². The minimum Gasteiger partial charge on any atom is -0.394 e. The summed E-state index contributed by atoms with van der Waals surface area (Å²) in [4.78, 5) is 0. The Morgan fingerprint density at radius 2 is 1.12 bits per heavy atom. The van der Waals surface area contributed by atoms with Crippen molar-refractivity contribution in [1.29, 1.82) is 0 Å². The highest BCUT2D eigenvalue weighted by Gasteiger charge is 1.93. The molecule has 0 radical (unpaired) electrons. The average molecular weight is 252 g/mol. The van der Waals surface area contributed by atoms with Gasteiger partial charge < -0.3 is 19.3 Å². The SMILES string of the molecule is CCOC(C)CO.CCOCC.CCOCC. The van der Waals surface area contributed by atoms with Gasteiger partial charge in [-0.1, -0.05) is 0 Å². The molecule has 0 amide bonds. The second-order valence-corrected chi connectivity index (χ2v) is 3.01. The fraction of sp³-hybridized carbons (Fsp3) is 1.00. The van der Waals surface area contributed by atoms with E-state index in [0.29, 0.717) is 6.61 Å². The molecule has 4 nitrogen and oxygen atoms in total. The van der Waals surface area contributed by atoms with Crippen molar-refractivity contribution in [1.82, 2.24) is 0 Å². The highest BCUT2D eigenvalue weighted by atomic mass is 16.5. The highest BCUT2D eigenvalue weighted by molar-refractivity contribution is 4.40. The third-order valence-corrected chi connectivity index (χ3v) is 1.52. The Labute approximate surface area is 107 Å². The zero-order valence-corrected chi connectivity index (χ0v) is 12.5. The zero-order chi connectivity index (χ0) is 13.9. The Hall–Kier alpha value is -0.160. The largest absolute Gasteiger partial charge is 0.394 e. The Morgan fingerprint density at radius 3 is 1.18 bits per heavy atom. The van der Waals surface area contributed by atoms with Gasteiger partial charge in [0, 0.05) is 33.0 Å². The van der Waals surface area contributed by atoms with Crippen molar-refractivity contribution in [2.24, 2.45) is 0 Å². The van der Waals surface area contributed by atoms with Gasteiger partial charge in [-0.05, 0) is 41.5 Å². The maximum atomic E-state index is 8.34. The molecule has 0 aliphatic rings. The highest BCUT2D eigenvalue weighted by Crippen LogP contribution is 1.84. The standard InChI is InChI=1S/C5H12O2.2C4H10O/c1-3-7-5(2)4-6;2*1-3-5-4-2/h5-6H,3-4H2,1-2H3;2*3-4H2,1-2H3. The smallest absolute Gasteiger partial charge is 0.0777 e. The molecule has 0 rings (SSSR count). The molecule has 1 unspecified atom stereocenters. The molecular formula is C13H32O4. The molecule has 0 bridgehead atoms. The molecule has 0 aromatic carbocycles. The Balaban J connectivity index is -0.000000177. The van der Waals surface area contributed by atoms with Crippen molar-refractivity contribution in [3.63, 3.8) is 0 Å². The van der Waals surface area contributed by atoms with Crippen LogP contribution in [0.2, 0.25) is 0 Å². The summed E-state index contributed by atoms with van der Waals surface area (Å²) in [6.07, 6.45) is 0.00463. The molecule has 0 aliphatic heterocycles. The first kappa shape index (κ1) is 22.1. The number of rotatable bonds is 7. The molecule has 0 aromatic rings. The minimum atomic E-state index is 0.00463. The number of aliphatic hydroxyl groups is 1. The lowest BCUT2D eigenvalue weighted by Crippen LogP contribution is -2.11. The first-order valence-corrected chi connectivity index (χ1v) is 6.52. The summed E-state index contributed by atoms with van der Waals surface area (Å²) < 4.78 is 14.6. The third kappa shape index (κ3) is 38.8. The van der Waals surface area contributed by atoms with Gasteiger partial charge in [0.1, 0.15) is 0 Å². The van der Waals surface area contributed by atoms with Crippen LogP contribution in [0.4, 0.5) is 0 Å². The van der Waals surface area contributed by atoms with E-state index in [1.165, 1.54) is 0 Å². The van der Waals surface area contributed by atoms with Crippen molar-refractivity contribution in [3.8, 4) is 0 Å². The van der Waals surface area contributed by atoms with Gasteiger partial charge in [-0.3, -0.25) is 0 Å². The topological polar surface area (TPSA) is 47.9 Å². The molecule has 108 valence electrons. The van der Waals surface area contributed by atoms with Crippen LogP contribution in [0.25, 0.3) is 0 Å². The van der Waals surface area contributed by atoms with Crippen LogP contribution in [-0.2, 0) is 14.2 Å². The van der Waals surface area contributed by atoms with Gasteiger partial charge in [-0.15, -0.1) is 0 Å². The van der Waals surface area contributed by atoms with Gasteiger partial charge in [0.25, 0.3) is 0 Å². The van der Waals surface area contributed by atoms with Crippen molar-refractivity contribution < 1.29 is 19.3 Å². The molecule has 4 heteroatoms. The minimum absolute atomic E-state index is 0.00463. The van der Waals surface area contributed by atoms with Gasteiger partial charge in [0.15, 0.2) is 0 Å². The predicted octanol–water partition coefficient (Wildman–Crippen LogP) is 2.49. The Kier molecular flexibility index (Phi) is 32.3. The molecule has 0 saturated carbocycles. The van der Waals surface area contributed by atoms with Crippen LogP contribution in [0.5, 0.6) is 0 Å². The van der Waals surface area contributed by atoms with Gasteiger partial charge in [0.2, 0.25) is 0 Å². The summed E-state index contributed by atoms with van der Waals surface area (Å²) in [7, 11) is 0. The zero-order valence-electron chi connectivity index (χ0n) is 12.5. The summed E-state index contributed by atoms with van der Waals surface area (Å²) in [6, 6.07) is 0. The van der Waals surface area contributed by atoms with E-state index in [4.69, 9.17) is 19.3 Å². The summed E-state index contributed by atoms with van der Waals surface area (Å²) in [5.41, 5.74) is 0. The van der Waals surface area contributed by atoms with E-state index in [1.807, 2.05) is 41.5 Å². The summed E-state index contributed by atoms with van der Waals surface area (Å²) in [6.45, 7) is 15.9. The van der Waals surface area contributed by atoms with Crippen LogP contribution in [-0.4, -0.2) is 50.9 Å². The van der Waals surface area contributed by atoms with Crippen LogP contribution < -0.4 is 0 Å². The van der Waals surface area contributed by atoms with Crippen LogP contribution in [0, 0.1) is 0 Å². The summed E-state index contributed by atoms with van der Waals surface area (Å²) >= 11 is 0. The van der Waals surface area contributed by atoms with E-state index in [1.54, 1.807) is 0 Å². The first-order valence-electron chi connectivity index (χ1n) is 6.52. The van der Waals surface area contributed by atoms with E-state index in [-0.39, 0.29) is 12.7 Å². The number of hydrogen-bond donors (Lipinski definition) is 1. The second kappa shape index (κ2) is 24.9. The maximum absolute atomic E-state index is 8.34. The summed E-state index contributed by atoms with van der Waals surface area (Å²) in [5.74, 6) is 0. The van der Waals surface area contributed by atoms with E-state index in [2.05, 4.69) is 0 Å². The van der Waals surface area contributed by atoms with E-state index in [0.717, 1.165) is 26.4 Å². The summed E-state index contributed by atoms with van der Waals surface area (Å²) in [5, 5.41) is 8.34. The Morgan fingerprint density at radius 1 is 0.765 bits per heavy atom. The lowest BCUT2D eigenvalue weighted by atomic mass is 10.4. The Bertz CT molecular complexity index is 89.4. The molecule has 1 atom stereocenters. The third-order valence-electron chi connectivity index (χ3n) is 1.52. The first-order chi connectivity index (χ1) is 8.14. The number of aliphatic hydroxyl groups excluding tert-OH is 1. The van der Waals surface area contributed by atoms with Gasteiger partial charge in [-0.25, -0.2) is 0 Å². The molecule has 17 heavy (non-hydrogen) atoms. The lowest BCUT2D eigenvalue weighted by Gasteiger charge is -2.04. The van der Waals surface area contributed by atoms with Crippen LogP contribution >= 0.6 is 0 Å². The van der Waals surface area contributed by atoms with Crippen LogP contribution in [0.3, 0.4) is 0 Å². The molecule has 0 aliphatic carbocycles. The monoisotopic (exact) mass is 252 g/mol. The molecule has 0 saturated heterocycles. The molecule has 1 N–H and O–H groups in total. The van der Waals surface area contributed by atoms with Crippen LogP contribution in [0.1, 0.15) is 41.5 Å². The van der Waals surface area contributed by atoms with Crippen molar-refractivity contribution >= 4 is 0 Å². The van der Waals surface area contributed by atoms with E-state index < -0.39 is 0 Å². The van der Waals surface area contributed by atoms with Crippen molar-refractivity contribution in [3.05, 3.63) is 0 Å². The maximum Gasteiger partial charge on any atom is 0.0777 e. The fourth-order valence-electron chi connectivity index (χ4n) is 0.745. The average Bonchev–Trinajstić information content (AvgIpc) is 2.33. The lowest BCUT2D eigenvalue weighted by molar-refractivity contribution is 0.0325. The molecule has 0 aromatic heterocycles. The quantitative estimate of drug-likeness (QED) is 0.756. The fourth-order valence-corrected chi connectivity index (χ4v) is 0.745. The second-order valence-electron chi connectivity index (χ2n) is 3.01. The van der Waals surface area contributed by atoms with Gasteiger partial charge in [-0.2, -0.15) is 0 Å². The molecule has 0 spiro atoms.